The molecule has 0 aliphatic heterocycles. The molecule has 0 spiro atoms. The first kappa shape index (κ1) is 27.9. The van der Waals surface area contributed by atoms with Crippen LogP contribution in [0.25, 0.3) is 0 Å². The van der Waals surface area contributed by atoms with E-state index in [1.54, 1.807) is 0 Å². The van der Waals surface area contributed by atoms with Crippen molar-refractivity contribution in [2.24, 2.45) is 0 Å². The third-order valence-corrected chi connectivity index (χ3v) is 12.9. The Morgan fingerprint density at radius 3 is 1.31 bits per heavy atom. The van der Waals surface area contributed by atoms with Crippen molar-refractivity contribution in [1.29, 1.82) is 0 Å². The molecular formula is C18H36O8Si3. The van der Waals surface area contributed by atoms with E-state index in [1.807, 2.05) is 39.3 Å². The summed E-state index contributed by atoms with van der Waals surface area (Å²) >= 11 is 0. The molecule has 8 nitrogen and oxygen atoms in total. The SMILES string of the molecule is C=CC(=O)OCCCO[Si](C)(C)O[Si](C)(C)O[Si](C)(C)OCCCOC(=O)C=C. The fourth-order valence-electron chi connectivity index (χ4n) is 2.48. The van der Waals surface area contributed by atoms with Crippen molar-refractivity contribution in [2.45, 2.75) is 52.1 Å². The highest BCUT2D eigenvalue weighted by atomic mass is 28.5. The van der Waals surface area contributed by atoms with Gasteiger partial charge in [0.25, 0.3) is 0 Å². The highest BCUT2D eigenvalue weighted by molar-refractivity contribution is 6.84. The van der Waals surface area contributed by atoms with Crippen molar-refractivity contribution in [3.63, 3.8) is 0 Å². The van der Waals surface area contributed by atoms with Gasteiger partial charge < -0.3 is 26.6 Å². The fourth-order valence-corrected chi connectivity index (χ4v) is 14.2. The summed E-state index contributed by atoms with van der Waals surface area (Å²) in [5.41, 5.74) is 0. The molecule has 0 aliphatic carbocycles. The van der Waals surface area contributed by atoms with E-state index < -0.39 is 37.6 Å². The van der Waals surface area contributed by atoms with Crippen molar-refractivity contribution < 1.29 is 36.1 Å². The van der Waals surface area contributed by atoms with Crippen LogP contribution in [0.2, 0.25) is 39.3 Å². The zero-order valence-corrected chi connectivity index (χ0v) is 21.6. The van der Waals surface area contributed by atoms with Crippen LogP contribution in [-0.4, -0.2) is 64.0 Å². The van der Waals surface area contributed by atoms with E-state index in [2.05, 4.69) is 13.2 Å². The van der Waals surface area contributed by atoms with Crippen LogP contribution in [0, 0.1) is 0 Å². The first-order valence-corrected chi connectivity index (χ1v) is 18.0. The minimum absolute atomic E-state index is 0.280. The topological polar surface area (TPSA) is 89.5 Å². The summed E-state index contributed by atoms with van der Waals surface area (Å²) in [5, 5.41) is 0. The van der Waals surface area contributed by atoms with E-state index >= 15 is 0 Å². The number of rotatable bonds is 16. The Morgan fingerprint density at radius 1 is 0.655 bits per heavy atom. The lowest BCUT2D eigenvalue weighted by molar-refractivity contribution is -0.138. The van der Waals surface area contributed by atoms with Gasteiger partial charge in [0.15, 0.2) is 0 Å². The fraction of sp³-hybridized carbons (Fsp3) is 0.667. The third kappa shape index (κ3) is 15.4. The molecule has 0 amide bonds. The number of carbonyl (C=O) groups is 2. The Kier molecular flexibility index (Phi) is 12.8. The molecule has 29 heavy (non-hydrogen) atoms. The van der Waals surface area contributed by atoms with E-state index in [9.17, 15) is 9.59 Å². The smallest absolute Gasteiger partial charge is 0.330 e. The lowest BCUT2D eigenvalue weighted by Gasteiger charge is -2.37. The molecule has 0 atom stereocenters. The zero-order chi connectivity index (χ0) is 22.6. The molecule has 0 radical (unpaired) electrons. The number of ether oxygens (including phenoxy) is 2. The maximum absolute atomic E-state index is 11.0. The van der Waals surface area contributed by atoms with Gasteiger partial charge in [0.2, 0.25) is 0 Å². The molecule has 0 aromatic rings. The first-order chi connectivity index (χ1) is 13.3. The quantitative estimate of drug-likeness (QED) is 0.149. The average Bonchev–Trinajstić information content (AvgIpc) is 2.58. The summed E-state index contributed by atoms with van der Waals surface area (Å²) in [7, 11) is -7.30. The predicted octanol–water partition coefficient (Wildman–Crippen LogP) is 3.40. The normalized spacial score (nSPS) is 12.3. The van der Waals surface area contributed by atoms with Crippen LogP contribution in [0.5, 0.6) is 0 Å². The molecule has 0 aliphatic rings. The molecule has 0 rings (SSSR count). The van der Waals surface area contributed by atoms with Crippen LogP contribution in [0.1, 0.15) is 12.8 Å². The number of esters is 2. The van der Waals surface area contributed by atoms with Gasteiger partial charge >= 0.3 is 37.6 Å². The molecule has 0 unspecified atom stereocenters. The number of hydrogen-bond acceptors (Lipinski definition) is 8. The van der Waals surface area contributed by atoms with Gasteiger partial charge in [-0.05, 0) is 39.3 Å². The van der Waals surface area contributed by atoms with Crippen molar-refractivity contribution in [3.8, 4) is 0 Å². The van der Waals surface area contributed by atoms with Crippen molar-refractivity contribution in [3.05, 3.63) is 25.3 Å². The molecule has 0 saturated carbocycles. The van der Waals surface area contributed by atoms with Crippen LogP contribution < -0.4 is 0 Å². The molecule has 0 saturated heterocycles. The minimum atomic E-state index is -2.48. The molecule has 0 aromatic carbocycles. The standard InChI is InChI=1S/C18H36O8Si3/c1-9-17(19)21-13-11-15-23-27(3,4)25-29(7,8)26-28(5,6)24-16-12-14-22-18(20)10-2/h9-10H,1-2,11-16H2,3-8H3. The number of carbonyl (C=O) groups excluding carboxylic acids is 2. The first-order valence-electron chi connectivity index (χ1n) is 9.59. The Balaban J connectivity index is 4.29. The molecule has 0 fully saturated rings. The maximum atomic E-state index is 11.0. The van der Waals surface area contributed by atoms with E-state index in [0.717, 1.165) is 12.2 Å². The van der Waals surface area contributed by atoms with Crippen LogP contribution >= 0.6 is 0 Å². The van der Waals surface area contributed by atoms with Crippen molar-refractivity contribution >= 4 is 37.6 Å². The molecule has 11 heteroatoms. The predicted molar refractivity (Wildman–Crippen MR) is 118 cm³/mol. The Labute approximate surface area is 177 Å². The average molecular weight is 465 g/mol. The lowest BCUT2D eigenvalue weighted by atomic mass is 10.5. The Hall–Kier alpha value is -1.09. The highest BCUT2D eigenvalue weighted by Crippen LogP contribution is 2.22. The highest BCUT2D eigenvalue weighted by Gasteiger charge is 2.41. The minimum Gasteiger partial charge on any atom is -0.462 e. The second kappa shape index (κ2) is 13.3. The number of hydrogen-bond donors (Lipinski definition) is 0. The van der Waals surface area contributed by atoms with Crippen LogP contribution in [0.4, 0.5) is 0 Å². The summed E-state index contributed by atoms with van der Waals surface area (Å²) < 4.78 is 34.2. The zero-order valence-electron chi connectivity index (χ0n) is 18.6. The van der Waals surface area contributed by atoms with Gasteiger partial charge in [-0.1, -0.05) is 13.2 Å². The maximum Gasteiger partial charge on any atom is 0.330 e. The summed E-state index contributed by atoms with van der Waals surface area (Å²) in [6, 6.07) is 0. The molecule has 0 aromatic heterocycles. The van der Waals surface area contributed by atoms with Crippen LogP contribution in [0.15, 0.2) is 25.3 Å². The van der Waals surface area contributed by atoms with E-state index in [0.29, 0.717) is 26.1 Å². The van der Waals surface area contributed by atoms with Crippen molar-refractivity contribution in [2.75, 3.05) is 26.4 Å². The monoisotopic (exact) mass is 464 g/mol. The van der Waals surface area contributed by atoms with Gasteiger partial charge in [0.05, 0.1) is 13.2 Å². The van der Waals surface area contributed by atoms with Crippen molar-refractivity contribution in [1.82, 2.24) is 0 Å². The summed E-state index contributed by atoms with van der Waals surface area (Å²) in [6.45, 7) is 19.9. The van der Waals surface area contributed by atoms with Crippen LogP contribution in [-0.2, 0) is 36.1 Å². The van der Waals surface area contributed by atoms with E-state index in [1.165, 1.54) is 0 Å². The van der Waals surface area contributed by atoms with Gasteiger partial charge in [-0.25, -0.2) is 9.59 Å². The van der Waals surface area contributed by atoms with Gasteiger partial charge in [-0.2, -0.15) is 0 Å². The second-order valence-corrected chi connectivity index (χ2v) is 18.2. The van der Waals surface area contributed by atoms with Gasteiger partial charge in [0.1, 0.15) is 0 Å². The van der Waals surface area contributed by atoms with Gasteiger partial charge in [-0.3, -0.25) is 0 Å². The lowest BCUT2D eigenvalue weighted by Crippen LogP contribution is -2.54. The molecule has 0 bridgehead atoms. The Morgan fingerprint density at radius 2 is 1.00 bits per heavy atom. The van der Waals surface area contributed by atoms with Gasteiger partial charge in [-0.15, -0.1) is 0 Å². The van der Waals surface area contributed by atoms with Crippen LogP contribution in [0.3, 0.4) is 0 Å². The Bertz CT molecular complexity index is 503. The second-order valence-electron chi connectivity index (χ2n) is 7.55. The molecule has 168 valence electrons. The van der Waals surface area contributed by atoms with Gasteiger partial charge in [0, 0.05) is 38.2 Å². The van der Waals surface area contributed by atoms with E-state index in [4.69, 9.17) is 26.6 Å². The third-order valence-electron chi connectivity index (χ3n) is 3.28. The molecular weight excluding hydrogens is 428 g/mol. The summed E-state index contributed by atoms with van der Waals surface area (Å²) in [6.07, 6.45) is 3.44. The molecule has 0 N–H and O–H groups in total. The summed E-state index contributed by atoms with van der Waals surface area (Å²) in [5.74, 6) is -0.878. The summed E-state index contributed by atoms with van der Waals surface area (Å²) in [4.78, 5) is 22.0. The molecule has 0 heterocycles. The largest absolute Gasteiger partial charge is 0.462 e. The van der Waals surface area contributed by atoms with E-state index in [-0.39, 0.29) is 13.2 Å².